The van der Waals surface area contributed by atoms with Gasteiger partial charge in [0.05, 0.1) is 17.1 Å². The molecular weight excluding hydrogens is 241 g/mol. The lowest BCUT2D eigenvalue weighted by Gasteiger charge is -2.11. The average molecular weight is 246 g/mol. The van der Waals surface area contributed by atoms with Crippen LogP contribution in [0.4, 0.5) is 22.0 Å². The van der Waals surface area contributed by atoms with Crippen molar-refractivity contribution in [1.82, 2.24) is 4.98 Å². The Morgan fingerprint density at radius 2 is 1.87 bits per heavy atom. The van der Waals surface area contributed by atoms with Crippen LogP contribution in [0.1, 0.15) is 23.4 Å². The van der Waals surface area contributed by atoms with Gasteiger partial charge in [-0.3, -0.25) is 0 Å². The van der Waals surface area contributed by atoms with Gasteiger partial charge in [0.15, 0.2) is 0 Å². The third kappa shape index (κ3) is 2.77. The maximum absolute atomic E-state index is 12.3. The van der Waals surface area contributed by atoms with E-state index in [2.05, 4.69) is 4.98 Å². The first kappa shape index (κ1) is 12.2. The van der Waals surface area contributed by atoms with Gasteiger partial charge in [-0.1, -0.05) is 0 Å². The van der Waals surface area contributed by atoms with E-state index in [-0.39, 0.29) is 0 Å². The molecule has 1 rings (SSSR count). The van der Waals surface area contributed by atoms with Gasteiger partial charge in [0.25, 0.3) is 6.43 Å². The zero-order chi connectivity index (χ0) is 11.6. The van der Waals surface area contributed by atoms with Gasteiger partial charge in [-0.05, 0) is 12.1 Å². The monoisotopic (exact) mass is 245 g/mol. The average Bonchev–Trinajstić information content (AvgIpc) is 2.15. The summed E-state index contributed by atoms with van der Waals surface area (Å²) in [5.41, 5.74) is -2.37. The number of hydrogen-bond acceptors (Lipinski definition) is 1. The van der Waals surface area contributed by atoms with E-state index < -0.39 is 35.4 Å². The Balaban J connectivity index is 3.21. The van der Waals surface area contributed by atoms with E-state index in [1.54, 1.807) is 0 Å². The number of hydrogen-bond donors (Lipinski definition) is 0. The number of rotatable bonds is 2. The molecule has 0 aromatic carbocycles. The highest BCUT2D eigenvalue weighted by molar-refractivity contribution is 6.17. The number of pyridine rings is 1. The van der Waals surface area contributed by atoms with Gasteiger partial charge in [0.1, 0.15) is 5.69 Å². The van der Waals surface area contributed by atoms with Crippen LogP contribution in [0.3, 0.4) is 0 Å². The molecule has 0 unspecified atom stereocenters. The molecule has 0 radical (unpaired) electrons. The Morgan fingerprint density at radius 3 is 2.27 bits per heavy atom. The maximum atomic E-state index is 12.3. The van der Waals surface area contributed by atoms with Gasteiger partial charge in [-0.25, -0.2) is 13.8 Å². The van der Waals surface area contributed by atoms with Crippen molar-refractivity contribution in [3.05, 3.63) is 29.1 Å². The summed E-state index contributed by atoms with van der Waals surface area (Å²) >= 11 is 5.21. The molecule has 0 fully saturated rings. The molecule has 0 atom stereocenters. The summed E-state index contributed by atoms with van der Waals surface area (Å²) in [5, 5.41) is 0. The molecule has 1 heterocycles. The summed E-state index contributed by atoms with van der Waals surface area (Å²) in [5.74, 6) is -0.560. The molecule has 0 saturated carbocycles. The molecule has 0 saturated heterocycles. The molecule has 84 valence electrons. The Kier molecular flexibility index (Phi) is 3.49. The SMILES string of the molecule is FC(F)c1ccc(C(F)(F)F)c(CCl)n1. The second kappa shape index (κ2) is 4.30. The highest BCUT2D eigenvalue weighted by atomic mass is 35.5. The van der Waals surface area contributed by atoms with Crippen molar-refractivity contribution in [2.45, 2.75) is 18.5 Å². The van der Waals surface area contributed by atoms with Gasteiger partial charge in [-0.2, -0.15) is 13.2 Å². The summed E-state index contributed by atoms with van der Waals surface area (Å²) < 4.78 is 61.1. The minimum Gasteiger partial charge on any atom is -0.250 e. The minimum absolute atomic E-state index is 0.560. The molecule has 1 aromatic heterocycles. The zero-order valence-corrected chi connectivity index (χ0v) is 7.91. The number of nitrogens with zero attached hydrogens (tertiary/aromatic N) is 1. The predicted molar refractivity (Wildman–Crippen MR) is 43.8 cm³/mol. The van der Waals surface area contributed by atoms with Crippen LogP contribution >= 0.6 is 11.6 Å². The van der Waals surface area contributed by atoms with Crippen LogP contribution in [0.5, 0.6) is 0 Å². The van der Waals surface area contributed by atoms with Crippen molar-refractivity contribution in [2.75, 3.05) is 0 Å². The lowest BCUT2D eigenvalue weighted by atomic mass is 10.2. The van der Waals surface area contributed by atoms with E-state index in [1.807, 2.05) is 0 Å². The Labute approximate surface area is 86.9 Å². The highest BCUT2D eigenvalue weighted by Crippen LogP contribution is 2.33. The van der Waals surface area contributed by atoms with Crippen molar-refractivity contribution in [3.8, 4) is 0 Å². The molecule has 0 N–H and O–H groups in total. The first-order valence-corrected chi connectivity index (χ1v) is 4.31. The molecule has 0 aliphatic heterocycles. The normalized spacial score (nSPS) is 12.2. The van der Waals surface area contributed by atoms with Gasteiger partial charge in [0.2, 0.25) is 0 Å². The van der Waals surface area contributed by atoms with Crippen LogP contribution in [0.15, 0.2) is 12.1 Å². The molecule has 0 aliphatic rings. The molecule has 7 heteroatoms. The van der Waals surface area contributed by atoms with Crippen molar-refractivity contribution in [2.24, 2.45) is 0 Å². The Hall–Kier alpha value is -0.910. The topological polar surface area (TPSA) is 12.9 Å². The fourth-order valence-electron chi connectivity index (χ4n) is 1.000. The summed E-state index contributed by atoms with van der Waals surface area (Å²) in [6, 6.07) is 1.20. The quantitative estimate of drug-likeness (QED) is 0.571. The van der Waals surface area contributed by atoms with Gasteiger partial charge >= 0.3 is 6.18 Å². The molecular formula is C8H5ClF5N. The summed E-state index contributed by atoms with van der Waals surface area (Å²) in [6.45, 7) is 0. The van der Waals surface area contributed by atoms with E-state index in [0.717, 1.165) is 0 Å². The highest BCUT2D eigenvalue weighted by Gasteiger charge is 2.34. The molecule has 0 amide bonds. The van der Waals surface area contributed by atoms with E-state index in [1.165, 1.54) is 0 Å². The van der Waals surface area contributed by atoms with Crippen molar-refractivity contribution >= 4 is 11.6 Å². The molecule has 15 heavy (non-hydrogen) atoms. The summed E-state index contributed by atoms with van der Waals surface area (Å²) in [7, 11) is 0. The first-order chi connectivity index (χ1) is 6.86. The van der Waals surface area contributed by atoms with Crippen LogP contribution in [-0.4, -0.2) is 4.98 Å². The molecule has 1 nitrogen and oxygen atoms in total. The minimum atomic E-state index is -4.63. The number of alkyl halides is 6. The lowest BCUT2D eigenvalue weighted by Crippen LogP contribution is -2.11. The van der Waals surface area contributed by atoms with Crippen LogP contribution < -0.4 is 0 Å². The van der Waals surface area contributed by atoms with Crippen molar-refractivity contribution in [1.29, 1.82) is 0 Å². The van der Waals surface area contributed by atoms with E-state index in [0.29, 0.717) is 12.1 Å². The van der Waals surface area contributed by atoms with Gasteiger partial charge in [-0.15, -0.1) is 11.6 Å². The zero-order valence-electron chi connectivity index (χ0n) is 7.15. The fraction of sp³-hybridized carbons (Fsp3) is 0.375. The van der Waals surface area contributed by atoms with E-state index in [9.17, 15) is 22.0 Å². The smallest absolute Gasteiger partial charge is 0.250 e. The number of aromatic nitrogens is 1. The third-order valence-electron chi connectivity index (χ3n) is 1.65. The molecule has 1 aromatic rings. The van der Waals surface area contributed by atoms with Crippen molar-refractivity contribution < 1.29 is 22.0 Å². The lowest BCUT2D eigenvalue weighted by molar-refractivity contribution is -0.138. The predicted octanol–water partition coefficient (Wildman–Crippen LogP) is 3.78. The second-order valence-corrected chi connectivity index (χ2v) is 2.93. The fourth-order valence-corrected chi connectivity index (χ4v) is 1.20. The molecule has 0 aliphatic carbocycles. The first-order valence-electron chi connectivity index (χ1n) is 3.77. The van der Waals surface area contributed by atoms with E-state index >= 15 is 0 Å². The molecule has 0 spiro atoms. The summed E-state index contributed by atoms with van der Waals surface area (Å²) in [6.07, 6.45) is -7.54. The Morgan fingerprint density at radius 1 is 1.27 bits per heavy atom. The standard InChI is InChI=1S/C8H5ClF5N/c9-3-6-4(8(12,13)14)1-2-5(15-6)7(10)11/h1-2,7H,3H2. The maximum Gasteiger partial charge on any atom is 0.418 e. The third-order valence-corrected chi connectivity index (χ3v) is 1.90. The van der Waals surface area contributed by atoms with Crippen molar-refractivity contribution in [3.63, 3.8) is 0 Å². The largest absolute Gasteiger partial charge is 0.418 e. The molecule has 0 bridgehead atoms. The van der Waals surface area contributed by atoms with Crippen LogP contribution in [-0.2, 0) is 12.1 Å². The Bertz CT molecular complexity index is 349. The van der Waals surface area contributed by atoms with Crippen LogP contribution in [0.25, 0.3) is 0 Å². The van der Waals surface area contributed by atoms with E-state index in [4.69, 9.17) is 11.6 Å². The second-order valence-electron chi connectivity index (χ2n) is 2.66. The summed E-state index contributed by atoms with van der Waals surface area (Å²) in [4.78, 5) is 3.16. The van der Waals surface area contributed by atoms with Gasteiger partial charge in [0, 0.05) is 0 Å². The van der Waals surface area contributed by atoms with Crippen LogP contribution in [0, 0.1) is 0 Å². The van der Waals surface area contributed by atoms with Crippen LogP contribution in [0.2, 0.25) is 0 Å². The van der Waals surface area contributed by atoms with Gasteiger partial charge < -0.3 is 0 Å². The number of halogens is 6.